The number of amides is 2. The van der Waals surface area contributed by atoms with Crippen LogP contribution in [0.1, 0.15) is 5.56 Å². The van der Waals surface area contributed by atoms with Crippen LogP contribution < -0.4 is 10.1 Å². The van der Waals surface area contributed by atoms with E-state index in [4.69, 9.17) is 4.74 Å². The third-order valence-corrected chi connectivity index (χ3v) is 5.20. The van der Waals surface area contributed by atoms with E-state index in [1.54, 1.807) is 19.5 Å². The van der Waals surface area contributed by atoms with Crippen LogP contribution >= 0.6 is 11.8 Å². The summed E-state index contributed by atoms with van der Waals surface area (Å²) in [4.78, 5) is 32.0. The summed E-state index contributed by atoms with van der Waals surface area (Å²) in [6, 6.07) is 11.8. The standard InChI is InChI=1S/C19H15N3O3S/c1-25-18-14(9-16-17(23)22-19(24)26-16)7-12-5-4-11(8-15(12)21-18)13-3-2-6-20-10-13/h2-8,10,16H,9H2,1H3,(H,22,23,24). The number of hydrogen-bond donors (Lipinski definition) is 1. The third kappa shape index (κ3) is 3.13. The van der Waals surface area contributed by atoms with Crippen LogP contribution in [0, 0.1) is 0 Å². The molecule has 3 heterocycles. The van der Waals surface area contributed by atoms with E-state index in [1.165, 1.54) is 0 Å². The Hall–Kier alpha value is -2.93. The molecule has 7 heteroatoms. The zero-order chi connectivity index (χ0) is 18.1. The summed E-state index contributed by atoms with van der Waals surface area (Å²) in [7, 11) is 1.55. The van der Waals surface area contributed by atoms with Gasteiger partial charge in [0.05, 0.1) is 17.9 Å². The molecule has 2 amide bonds. The van der Waals surface area contributed by atoms with Gasteiger partial charge >= 0.3 is 0 Å². The number of aromatic nitrogens is 2. The van der Waals surface area contributed by atoms with Gasteiger partial charge in [-0.3, -0.25) is 19.9 Å². The van der Waals surface area contributed by atoms with Crippen LogP contribution in [-0.2, 0) is 11.2 Å². The van der Waals surface area contributed by atoms with Crippen molar-refractivity contribution in [3.8, 4) is 17.0 Å². The van der Waals surface area contributed by atoms with Gasteiger partial charge in [-0.05, 0) is 30.2 Å². The van der Waals surface area contributed by atoms with Crippen LogP contribution in [0.2, 0.25) is 0 Å². The minimum atomic E-state index is -0.453. The van der Waals surface area contributed by atoms with E-state index in [9.17, 15) is 9.59 Å². The van der Waals surface area contributed by atoms with E-state index < -0.39 is 5.25 Å². The number of thioether (sulfide) groups is 1. The van der Waals surface area contributed by atoms with E-state index in [0.717, 1.165) is 39.4 Å². The fraction of sp³-hybridized carbons (Fsp3) is 0.158. The zero-order valence-electron chi connectivity index (χ0n) is 13.9. The summed E-state index contributed by atoms with van der Waals surface area (Å²) in [5.74, 6) is 0.197. The predicted octanol–water partition coefficient (Wildman–Crippen LogP) is 3.20. The second-order valence-electron chi connectivity index (χ2n) is 5.89. The Labute approximate surface area is 154 Å². The van der Waals surface area contributed by atoms with Crippen LogP contribution in [-0.4, -0.2) is 33.5 Å². The molecule has 0 radical (unpaired) electrons. The van der Waals surface area contributed by atoms with Gasteiger partial charge in [0.1, 0.15) is 0 Å². The summed E-state index contributed by atoms with van der Waals surface area (Å²) in [6.07, 6.45) is 3.93. The van der Waals surface area contributed by atoms with Crippen molar-refractivity contribution in [1.82, 2.24) is 15.3 Å². The van der Waals surface area contributed by atoms with Crippen molar-refractivity contribution >= 4 is 33.8 Å². The number of nitrogens with one attached hydrogen (secondary N) is 1. The summed E-state index contributed by atoms with van der Waals surface area (Å²) in [5.41, 5.74) is 3.63. The van der Waals surface area contributed by atoms with E-state index in [1.807, 2.05) is 36.4 Å². The number of carbonyl (C=O) groups excluding carboxylic acids is 2. The van der Waals surface area contributed by atoms with Gasteiger partial charge < -0.3 is 4.74 Å². The van der Waals surface area contributed by atoms with Crippen molar-refractivity contribution in [1.29, 1.82) is 0 Å². The van der Waals surface area contributed by atoms with Crippen molar-refractivity contribution in [2.75, 3.05) is 7.11 Å². The lowest BCUT2D eigenvalue weighted by molar-refractivity contribution is -0.118. The topological polar surface area (TPSA) is 81.2 Å². The van der Waals surface area contributed by atoms with Crippen molar-refractivity contribution in [2.24, 2.45) is 0 Å². The number of fused-ring (bicyclic) bond motifs is 1. The second kappa shape index (κ2) is 6.76. The Morgan fingerprint density at radius 3 is 2.77 bits per heavy atom. The highest BCUT2D eigenvalue weighted by atomic mass is 32.2. The highest BCUT2D eigenvalue weighted by Crippen LogP contribution is 2.30. The highest BCUT2D eigenvalue weighted by Gasteiger charge is 2.32. The van der Waals surface area contributed by atoms with E-state index in [-0.39, 0.29) is 11.1 Å². The average Bonchev–Trinajstić information content (AvgIpc) is 2.98. The molecule has 3 aromatic rings. The minimum Gasteiger partial charge on any atom is -0.481 e. The summed E-state index contributed by atoms with van der Waals surface area (Å²) in [6.45, 7) is 0. The normalized spacial score (nSPS) is 16.7. The minimum absolute atomic E-state index is 0.269. The Kier molecular flexibility index (Phi) is 4.30. The molecular formula is C19H15N3O3S. The molecule has 0 saturated carbocycles. The van der Waals surface area contributed by atoms with Gasteiger partial charge in [0, 0.05) is 28.9 Å². The Bertz CT molecular complexity index is 1010. The lowest BCUT2D eigenvalue weighted by atomic mass is 10.0. The quantitative estimate of drug-likeness (QED) is 0.765. The molecule has 6 nitrogen and oxygen atoms in total. The van der Waals surface area contributed by atoms with E-state index >= 15 is 0 Å². The smallest absolute Gasteiger partial charge is 0.286 e. The van der Waals surface area contributed by atoms with Gasteiger partial charge in [-0.15, -0.1) is 0 Å². The largest absolute Gasteiger partial charge is 0.481 e. The fourth-order valence-corrected chi connectivity index (χ4v) is 3.80. The molecule has 1 aliphatic rings. The predicted molar refractivity (Wildman–Crippen MR) is 100 cm³/mol. The molecule has 1 aromatic carbocycles. The van der Waals surface area contributed by atoms with Crippen molar-refractivity contribution in [3.63, 3.8) is 0 Å². The number of imide groups is 1. The van der Waals surface area contributed by atoms with Crippen LogP contribution in [0.15, 0.2) is 48.8 Å². The summed E-state index contributed by atoms with van der Waals surface area (Å²) >= 11 is 1.00. The zero-order valence-corrected chi connectivity index (χ0v) is 14.7. The van der Waals surface area contributed by atoms with Crippen LogP contribution in [0.3, 0.4) is 0 Å². The first-order valence-corrected chi connectivity index (χ1v) is 8.91. The number of hydrogen-bond acceptors (Lipinski definition) is 6. The van der Waals surface area contributed by atoms with Gasteiger partial charge in [-0.1, -0.05) is 30.0 Å². The maximum absolute atomic E-state index is 11.8. The fourth-order valence-electron chi connectivity index (χ4n) is 2.96. The lowest BCUT2D eigenvalue weighted by Gasteiger charge is -2.12. The van der Waals surface area contributed by atoms with E-state index in [2.05, 4.69) is 15.3 Å². The molecule has 0 aliphatic carbocycles. The van der Waals surface area contributed by atoms with Crippen molar-refractivity contribution < 1.29 is 14.3 Å². The maximum Gasteiger partial charge on any atom is 0.286 e. The first kappa shape index (κ1) is 16.5. The Morgan fingerprint density at radius 2 is 2.08 bits per heavy atom. The van der Waals surface area contributed by atoms with Crippen LogP contribution in [0.5, 0.6) is 5.88 Å². The van der Waals surface area contributed by atoms with E-state index in [0.29, 0.717) is 12.3 Å². The first-order valence-electron chi connectivity index (χ1n) is 8.03. The second-order valence-corrected chi connectivity index (χ2v) is 7.07. The van der Waals surface area contributed by atoms with Gasteiger partial charge in [0.15, 0.2) is 0 Å². The summed E-state index contributed by atoms with van der Waals surface area (Å²) in [5, 5.41) is 2.49. The molecule has 1 aliphatic heterocycles. The number of carbonyl (C=O) groups is 2. The molecule has 1 N–H and O–H groups in total. The molecule has 26 heavy (non-hydrogen) atoms. The van der Waals surface area contributed by atoms with Gasteiger partial charge in [-0.2, -0.15) is 0 Å². The van der Waals surface area contributed by atoms with Gasteiger partial charge in [0.25, 0.3) is 5.24 Å². The number of nitrogens with zero attached hydrogens (tertiary/aromatic N) is 2. The molecule has 1 saturated heterocycles. The third-order valence-electron chi connectivity index (χ3n) is 4.22. The SMILES string of the molecule is COc1nc2cc(-c3cccnc3)ccc2cc1CC1SC(=O)NC1=O. The molecule has 2 aromatic heterocycles. The molecule has 0 spiro atoms. The Balaban J connectivity index is 1.71. The maximum atomic E-state index is 11.8. The van der Waals surface area contributed by atoms with Gasteiger partial charge in [0.2, 0.25) is 11.8 Å². The number of ether oxygens (including phenoxy) is 1. The molecule has 1 atom stereocenters. The Morgan fingerprint density at radius 1 is 1.19 bits per heavy atom. The lowest BCUT2D eigenvalue weighted by Crippen LogP contribution is -2.25. The van der Waals surface area contributed by atoms with Gasteiger partial charge in [-0.25, -0.2) is 4.98 Å². The average molecular weight is 365 g/mol. The van der Waals surface area contributed by atoms with Crippen LogP contribution in [0.4, 0.5) is 4.79 Å². The highest BCUT2D eigenvalue weighted by molar-refractivity contribution is 8.15. The first-order chi connectivity index (χ1) is 12.6. The van der Waals surface area contributed by atoms with Crippen LogP contribution in [0.25, 0.3) is 22.0 Å². The monoisotopic (exact) mass is 365 g/mol. The van der Waals surface area contributed by atoms with Crippen molar-refractivity contribution in [2.45, 2.75) is 11.7 Å². The number of methoxy groups -OCH3 is 1. The number of pyridine rings is 2. The molecule has 4 rings (SSSR count). The molecule has 0 bridgehead atoms. The molecular weight excluding hydrogens is 350 g/mol. The van der Waals surface area contributed by atoms with Crippen molar-refractivity contribution in [3.05, 3.63) is 54.4 Å². The molecule has 1 fully saturated rings. The number of rotatable bonds is 4. The number of benzene rings is 1. The molecule has 130 valence electrons. The molecule has 1 unspecified atom stereocenters. The summed E-state index contributed by atoms with van der Waals surface area (Å²) < 4.78 is 5.42.